The number of amides is 1. The van der Waals surface area contributed by atoms with Crippen LogP contribution in [0.3, 0.4) is 0 Å². The Morgan fingerprint density at radius 3 is 2.36 bits per heavy atom. The van der Waals surface area contributed by atoms with Crippen LogP contribution in [0.1, 0.15) is 26.3 Å². The molecule has 1 rings (SSSR count). The molecule has 0 atom stereocenters. The van der Waals surface area contributed by atoms with Gasteiger partial charge in [-0.3, -0.25) is 10.1 Å². The molecule has 0 spiro atoms. The number of rotatable bonds is 5. The molecule has 1 aromatic carbocycles. The van der Waals surface area contributed by atoms with E-state index in [2.05, 4.69) is 5.32 Å². The van der Waals surface area contributed by atoms with Gasteiger partial charge in [-0.2, -0.15) is 0 Å². The first-order valence-electron chi connectivity index (χ1n) is 6.55. The van der Waals surface area contributed by atoms with Crippen molar-refractivity contribution >= 4 is 23.5 Å². The highest BCUT2D eigenvalue weighted by atomic mass is 16.6. The van der Waals surface area contributed by atoms with Crippen LogP contribution in [-0.2, 0) is 20.7 Å². The van der Waals surface area contributed by atoms with Crippen molar-refractivity contribution in [3.63, 3.8) is 0 Å². The van der Waals surface area contributed by atoms with Gasteiger partial charge in [0, 0.05) is 12.1 Å². The number of benzene rings is 1. The molecular formula is C15H19NO6. The van der Waals surface area contributed by atoms with E-state index in [9.17, 15) is 14.4 Å². The third-order valence-electron chi connectivity index (χ3n) is 2.54. The van der Waals surface area contributed by atoms with Crippen molar-refractivity contribution in [2.24, 2.45) is 0 Å². The number of carboxylic acid groups (broad SMARTS) is 1. The van der Waals surface area contributed by atoms with Gasteiger partial charge in [0.05, 0.1) is 7.11 Å². The fraction of sp³-hybridized carbons (Fsp3) is 0.400. The van der Waals surface area contributed by atoms with Crippen LogP contribution in [0.25, 0.3) is 0 Å². The summed E-state index contributed by atoms with van der Waals surface area (Å²) < 4.78 is 10.2. The van der Waals surface area contributed by atoms with E-state index < -0.39 is 23.4 Å². The zero-order chi connectivity index (χ0) is 16.9. The molecule has 1 aromatic rings. The maximum Gasteiger partial charge on any atom is 0.412 e. The zero-order valence-electron chi connectivity index (χ0n) is 12.9. The molecule has 0 unspecified atom stereocenters. The molecule has 120 valence electrons. The first kappa shape index (κ1) is 17.5. The van der Waals surface area contributed by atoms with Crippen molar-refractivity contribution in [3.8, 4) is 5.75 Å². The normalized spacial score (nSPS) is 10.7. The van der Waals surface area contributed by atoms with E-state index in [1.807, 2.05) is 0 Å². The van der Waals surface area contributed by atoms with Crippen molar-refractivity contribution in [1.29, 1.82) is 0 Å². The number of hydrogen-bond donors (Lipinski definition) is 2. The van der Waals surface area contributed by atoms with Gasteiger partial charge in [0.1, 0.15) is 11.4 Å². The number of carbonyl (C=O) groups excluding carboxylic acids is 2. The fourth-order valence-corrected chi connectivity index (χ4v) is 1.63. The van der Waals surface area contributed by atoms with E-state index in [-0.39, 0.29) is 6.42 Å². The van der Waals surface area contributed by atoms with Gasteiger partial charge < -0.3 is 14.6 Å². The number of carboxylic acids is 1. The molecule has 0 bridgehead atoms. The smallest absolute Gasteiger partial charge is 0.412 e. The molecule has 0 aliphatic heterocycles. The maximum atomic E-state index is 11.8. The Hall–Kier alpha value is -2.57. The predicted molar refractivity (Wildman–Crippen MR) is 79.2 cm³/mol. The molecule has 7 nitrogen and oxygen atoms in total. The lowest BCUT2D eigenvalue weighted by molar-refractivity contribution is -0.148. The summed E-state index contributed by atoms with van der Waals surface area (Å²) >= 11 is 0. The number of methoxy groups -OCH3 is 1. The lowest BCUT2D eigenvalue weighted by atomic mass is 10.1. The van der Waals surface area contributed by atoms with E-state index in [0.29, 0.717) is 17.0 Å². The molecule has 22 heavy (non-hydrogen) atoms. The van der Waals surface area contributed by atoms with Gasteiger partial charge in [-0.15, -0.1) is 0 Å². The Morgan fingerprint density at radius 2 is 1.86 bits per heavy atom. The van der Waals surface area contributed by atoms with E-state index in [0.717, 1.165) is 0 Å². The zero-order valence-corrected chi connectivity index (χ0v) is 12.9. The van der Waals surface area contributed by atoms with Crippen molar-refractivity contribution in [3.05, 3.63) is 23.8 Å². The van der Waals surface area contributed by atoms with Crippen molar-refractivity contribution in [2.75, 3.05) is 12.4 Å². The molecule has 0 aliphatic rings. The van der Waals surface area contributed by atoms with Gasteiger partial charge in [0.25, 0.3) is 0 Å². The van der Waals surface area contributed by atoms with Crippen molar-refractivity contribution < 1.29 is 29.0 Å². The highest BCUT2D eigenvalue weighted by Gasteiger charge is 2.19. The minimum Gasteiger partial charge on any atom is -0.497 e. The molecule has 2 N–H and O–H groups in total. The number of aliphatic carboxylic acids is 1. The summed E-state index contributed by atoms with van der Waals surface area (Å²) in [5.74, 6) is -2.07. The molecule has 0 aromatic heterocycles. The number of ketones is 1. The van der Waals surface area contributed by atoms with Crippen LogP contribution in [0.2, 0.25) is 0 Å². The first-order chi connectivity index (χ1) is 10.1. The van der Waals surface area contributed by atoms with Crippen LogP contribution in [0.4, 0.5) is 10.5 Å². The lowest BCUT2D eigenvalue weighted by Crippen LogP contribution is -2.27. The second kappa shape index (κ2) is 6.93. The summed E-state index contributed by atoms with van der Waals surface area (Å²) in [6, 6.07) is 4.60. The Kier molecular flexibility index (Phi) is 5.50. The van der Waals surface area contributed by atoms with Gasteiger partial charge in [0.15, 0.2) is 0 Å². The molecule has 0 radical (unpaired) electrons. The quantitative estimate of drug-likeness (QED) is 0.809. The molecular weight excluding hydrogens is 290 g/mol. The third-order valence-corrected chi connectivity index (χ3v) is 2.54. The van der Waals surface area contributed by atoms with Crippen LogP contribution in [-0.4, -0.2) is 35.7 Å². The average molecular weight is 309 g/mol. The van der Waals surface area contributed by atoms with Gasteiger partial charge >= 0.3 is 12.1 Å². The minimum absolute atomic E-state index is 0.296. The SMILES string of the molecule is COc1ccc(NC(=O)OC(C)(C)C)c(CC(=O)C(=O)O)c1. The van der Waals surface area contributed by atoms with Crippen LogP contribution in [0.15, 0.2) is 18.2 Å². The lowest BCUT2D eigenvalue weighted by Gasteiger charge is -2.20. The molecule has 0 heterocycles. The highest BCUT2D eigenvalue weighted by molar-refractivity contribution is 6.33. The number of carbonyl (C=O) groups is 3. The molecule has 0 fully saturated rings. The van der Waals surface area contributed by atoms with Crippen LogP contribution in [0.5, 0.6) is 5.75 Å². The standard InChI is InChI=1S/C15H19NO6/c1-15(2,3)22-14(20)16-11-6-5-10(21-4)7-9(11)8-12(17)13(18)19/h5-7H,8H2,1-4H3,(H,16,20)(H,18,19). The molecule has 1 amide bonds. The van der Waals surface area contributed by atoms with E-state index in [4.69, 9.17) is 14.6 Å². The molecule has 0 saturated carbocycles. The summed E-state index contributed by atoms with van der Waals surface area (Å²) in [7, 11) is 1.44. The van der Waals surface area contributed by atoms with E-state index >= 15 is 0 Å². The second-order valence-electron chi connectivity index (χ2n) is 5.56. The Bertz CT molecular complexity index is 588. The van der Waals surface area contributed by atoms with Crippen molar-refractivity contribution in [2.45, 2.75) is 32.8 Å². The number of Topliss-reactive ketones (excluding diaryl/α,β-unsaturated/α-hetero) is 1. The summed E-state index contributed by atoms with van der Waals surface area (Å²) in [5, 5.41) is 11.2. The maximum absolute atomic E-state index is 11.8. The van der Waals surface area contributed by atoms with Crippen molar-refractivity contribution in [1.82, 2.24) is 0 Å². The Morgan fingerprint density at radius 1 is 1.23 bits per heavy atom. The van der Waals surface area contributed by atoms with Gasteiger partial charge in [-0.1, -0.05) is 0 Å². The fourth-order valence-electron chi connectivity index (χ4n) is 1.63. The topological polar surface area (TPSA) is 102 Å². The summed E-state index contributed by atoms with van der Waals surface area (Å²) in [4.78, 5) is 33.9. The summed E-state index contributed by atoms with van der Waals surface area (Å²) in [6.45, 7) is 5.15. The van der Waals surface area contributed by atoms with Crippen LogP contribution >= 0.6 is 0 Å². The van der Waals surface area contributed by atoms with E-state index in [1.165, 1.54) is 19.2 Å². The van der Waals surface area contributed by atoms with E-state index in [1.54, 1.807) is 26.8 Å². The monoisotopic (exact) mass is 309 g/mol. The van der Waals surface area contributed by atoms with Gasteiger partial charge in [-0.25, -0.2) is 9.59 Å². The van der Waals surface area contributed by atoms with Crippen LogP contribution in [0, 0.1) is 0 Å². The number of anilines is 1. The number of ether oxygens (including phenoxy) is 2. The molecule has 0 aliphatic carbocycles. The Labute approximate surface area is 128 Å². The molecule has 0 saturated heterocycles. The summed E-state index contributed by atoms with van der Waals surface area (Å²) in [6.07, 6.45) is -1.06. The first-order valence-corrected chi connectivity index (χ1v) is 6.55. The highest BCUT2D eigenvalue weighted by Crippen LogP contribution is 2.23. The average Bonchev–Trinajstić information content (AvgIpc) is 2.38. The summed E-state index contributed by atoms with van der Waals surface area (Å²) in [5.41, 5.74) is -0.0459. The van der Waals surface area contributed by atoms with Gasteiger partial charge in [0.2, 0.25) is 5.78 Å². The largest absolute Gasteiger partial charge is 0.497 e. The van der Waals surface area contributed by atoms with Crippen LogP contribution < -0.4 is 10.1 Å². The number of nitrogens with one attached hydrogen (secondary N) is 1. The second-order valence-corrected chi connectivity index (χ2v) is 5.56. The third kappa shape index (κ3) is 5.43. The molecule has 7 heteroatoms. The number of hydrogen-bond acceptors (Lipinski definition) is 5. The van der Waals surface area contributed by atoms with Gasteiger partial charge in [-0.05, 0) is 44.5 Å². The minimum atomic E-state index is -1.54. The Balaban J connectivity index is 3.00. The predicted octanol–water partition coefficient (Wildman–Crippen LogP) is 2.24.